The number of esters is 1. The average molecular weight is 245 g/mol. The molecule has 96 valence electrons. The number of ether oxygens (including phenoxy) is 1. The van der Waals surface area contributed by atoms with Gasteiger partial charge in [0.25, 0.3) is 0 Å². The highest BCUT2D eigenvalue weighted by Crippen LogP contribution is 2.39. The van der Waals surface area contributed by atoms with Gasteiger partial charge in [-0.15, -0.1) is 0 Å². The van der Waals surface area contributed by atoms with Gasteiger partial charge in [0, 0.05) is 12.5 Å². The molecular formula is C15H19NO2. The summed E-state index contributed by atoms with van der Waals surface area (Å²) in [5.74, 6) is 0.184. The number of allylic oxidation sites excluding steroid dienone is 2. The number of carbonyl (C=O) groups excluding carboxylic acids is 1. The van der Waals surface area contributed by atoms with E-state index in [1.165, 1.54) is 12.0 Å². The van der Waals surface area contributed by atoms with Crippen molar-refractivity contribution in [2.75, 3.05) is 13.2 Å². The lowest BCUT2D eigenvalue weighted by Gasteiger charge is -2.32. The van der Waals surface area contributed by atoms with Crippen LogP contribution in [0.1, 0.15) is 26.2 Å². The molecule has 3 rings (SSSR count). The van der Waals surface area contributed by atoms with E-state index < -0.39 is 0 Å². The Labute approximate surface area is 108 Å². The monoisotopic (exact) mass is 245 g/mol. The van der Waals surface area contributed by atoms with Crippen LogP contribution in [0, 0.1) is 5.92 Å². The molecule has 0 amide bonds. The minimum absolute atomic E-state index is 0.165. The van der Waals surface area contributed by atoms with E-state index in [0.717, 1.165) is 25.1 Å². The van der Waals surface area contributed by atoms with Crippen LogP contribution in [0.15, 0.2) is 35.6 Å². The summed E-state index contributed by atoms with van der Waals surface area (Å²) >= 11 is 0. The molecule has 0 aromatic heterocycles. The number of hydrogen-bond donors (Lipinski definition) is 0. The van der Waals surface area contributed by atoms with Gasteiger partial charge in [0.2, 0.25) is 0 Å². The predicted octanol–water partition coefficient (Wildman–Crippen LogP) is 2.41. The summed E-state index contributed by atoms with van der Waals surface area (Å²) in [4.78, 5) is 14.3. The van der Waals surface area contributed by atoms with Crippen molar-refractivity contribution in [3.63, 3.8) is 0 Å². The maximum atomic E-state index is 12.0. The molecule has 3 aliphatic rings. The molecular weight excluding hydrogens is 226 g/mol. The summed E-state index contributed by atoms with van der Waals surface area (Å²) in [6.45, 7) is 3.27. The van der Waals surface area contributed by atoms with Gasteiger partial charge in [-0.3, -0.25) is 0 Å². The molecule has 0 N–H and O–H groups in total. The smallest absolute Gasteiger partial charge is 0.354 e. The van der Waals surface area contributed by atoms with Gasteiger partial charge in [-0.05, 0) is 37.8 Å². The predicted molar refractivity (Wildman–Crippen MR) is 69.8 cm³/mol. The third-order valence-corrected chi connectivity index (χ3v) is 3.98. The van der Waals surface area contributed by atoms with E-state index in [1.54, 1.807) is 0 Å². The molecule has 1 saturated heterocycles. The molecule has 2 atom stereocenters. The lowest BCUT2D eigenvalue weighted by Crippen LogP contribution is -2.37. The SMILES string of the molecule is CCOC(=O)C1=CC2C=CC=C3CCCCN1C32. The molecule has 0 aromatic carbocycles. The van der Waals surface area contributed by atoms with Gasteiger partial charge in [-0.1, -0.05) is 18.2 Å². The Morgan fingerprint density at radius 1 is 1.50 bits per heavy atom. The maximum Gasteiger partial charge on any atom is 0.354 e. The van der Waals surface area contributed by atoms with Crippen molar-refractivity contribution in [2.24, 2.45) is 5.92 Å². The molecule has 1 fully saturated rings. The minimum atomic E-state index is -0.165. The van der Waals surface area contributed by atoms with Gasteiger partial charge >= 0.3 is 5.97 Å². The Morgan fingerprint density at radius 2 is 2.39 bits per heavy atom. The highest BCUT2D eigenvalue weighted by molar-refractivity contribution is 5.89. The second-order valence-electron chi connectivity index (χ2n) is 5.07. The zero-order valence-corrected chi connectivity index (χ0v) is 10.8. The van der Waals surface area contributed by atoms with Crippen LogP contribution in [0.5, 0.6) is 0 Å². The molecule has 0 aromatic rings. The van der Waals surface area contributed by atoms with Gasteiger partial charge in [-0.2, -0.15) is 0 Å². The third-order valence-electron chi connectivity index (χ3n) is 3.98. The van der Waals surface area contributed by atoms with Crippen molar-refractivity contribution < 1.29 is 9.53 Å². The number of nitrogens with zero attached hydrogens (tertiary/aromatic N) is 1. The molecule has 0 spiro atoms. The van der Waals surface area contributed by atoms with Gasteiger partial charge < -0.3 is 9.64 Å². The summed E-state index contributed by atoms with van der Waals surface area (Å²) in [5.41, 5.74) is 2.24. The minimum Gasteiger partial charge on any atom is -0.461 e. The highest BCUT2D eigenvalue weighted by Gasteiger charge is 2.40. The van der Waals surface area contributed by atoms with Gasteiger partial charge in [0.15, 0.2) is 0 Å². The van der Waals surface area contributed by atoms with E-state index in [9.17, 15) is 4.79 Å². The van der Waals surface area contributed by atoms with Gasteiger partial charge in [0.1, 0.15) is 5.70 Å². The van der Waals surface area contributed by atoms with E-state index in [4.69, 9.17) is 4.74 Å². The topological polar surface area (TPSA) is 29.5 Å². The van der Waals surface area contributed by atoms with Gasteiger partial charge in [0.05, 0.1) is 12.6 Å². The van der Waals surface area contributed by atoms with Crippen molar-refractivity contribution in [3.8, 4) is 0 Å². The van der Waals surface area contributed by atoms with Crippen molar-refractivity contribution in [3.05, 3.63) is 35.6 Å². The molecule has 1 aliphatic carbocycles. The average Bonchev–Trinajstić information content (AvgIpc) is 2.60. The van der Waals surface area contributed by atoms with Crippen LogP contribution >= 0.6 is 0 Å². The van der Waals surface area contributed by atoms with Crippen LogP contribution in [0.25, 0.3) is 0 Å². The molecule has 0 bridgehead atoms. The molecule has 2 aliphatic heterocycles. The summed E-state index contributed by atoms with van der Waals surface area (Å²) < 4.78 is 5.17. The normalized spacial score (nSPS) is 29.3. The van der Waals surface area contributed by atoms with E-state index in [1.807, 2.05) is 6.92 Å². The highest BCUT2D eigenvalue weighted by atomic mass is 16.5. The van der Waals surface area contributed by atoms with Gasteiger partial charge in [-0.25, -0.2) is 4.79 Å². The van der Waals surface area contributed by atoms with E-state index >= 15 is 0 Å². The molecule has 2 unspecified atom stereocenters. The fraction of sp³-hybridized carbons (Fsp3) is 0.533. The summed E-state index contributed by atoms with van der Waals surface area (Å²) in [5, 5.41) is 0. The van der Waals surface area contributed by atoms with Crippen LogP contribution < -0.4 is 0 Å². The first-order valence-corrected chi connectivity index (χ1v) is 6.84. The zero-order chi connectivity index (χ0) is 12.5. The second-order valence-corrected chi connectivity index (χ2v) is 5.07. The van der Waals surface area contributed by atoms with Crippen LogP contribution in [-0.2, 0) is 9.53 Å². The molecule has 18 heavy (non-hydrogen) atoms. The van der Waals surface area contributed by atoms with Crippen LogP contribution in [-0.4, -0.2) is 30.1 Å². The standard InChI is InChI=1S/C15H19NO2/c1-2-18-15(17)13-10-12-8-5-7-11-6-3-4-9-16(13)14(11)12/h5,7-8,10,12,14H,2-4,6,9H2,1H3. The van der Waals surface area contributed by atoms with Crippen molar-refractivity contribution >= 4 is 5.97 Å². The fourth-order valence-corrected chi connectivity index (χ4v) is 3.23. The summed E-state index contributed by atoms with van der Waals surface area (Å²) in [6, 6.07) is 0.372. The molecule has 3 heteroatoms. The number of rotatable bonds is 2. The Hall–Kier alpha value is -1.51. The van der Waals surface area contributed by atoms with Crippen molar-refractivity contribution in [1.29, 1.82) is 0 Å². The fourth-order valence-electron chi connectivity index (χ4n) is 3.23. The van der Waals surface area contributed by atoms with Crippen LogP contribution in [0.3, 0.4) is 0 Å². The Morgan fingerprint density at radius 3 is 3.22 bits per heavy atom. The molecule has 0 saturated carbocycles. The first kappa shape index (κ1) is 11.6. The summed E-state index contributed by atoms with van der Waals surface area (Å²) in [6.07, 6.45) is 12.2. The van der Waals surface area contributed by atoms with Crippen LogP contribution in [0.2, 0.25) is 0 Å². The van der Waals surface area contributed by atoms with Crippen LogP contribution in [0.4, 0.5) is 0 Å². The first-order valence-electron chi connectivity index (χ1n) is 6.84. The summed E-state index contributed by atoms with van der Waals surface area (Å²) in [7, 11) is 0. The largest absolute Gasteiger partial charge is 0.461 e. The second kappa shape index (κ2) is 4.63. The Bertz CT molecular complexity index is 447. The maximum absolute atomic E-state index is 12.0. The number of hydrogen-bond acceptors (Lipinski definition) is 3. The van der Waals surface area contributed by atoms with Crippen molar-refractivity contribution in [2.45, 2.75) is 32.2 Å². The quantitative estimate of drug-likeness (QED) is 0.700. The van der Waals surface area contributed by atoms with Crippen molar-refractivity contribution in [1.82, 2.24) is 4.90 Å². The van der Waals surface area contributed by atoms with E-state index in [2.05, 4.69) is 29.2 Å². The number of carbonyl (C=O) groups is 1. The Kier molecular flexibility index (Phi) is 2.98. The van der Waals surface area contributed by atoms with E-state index in [-0.39, 0.29) is 5.97 Å². The molecule has 3 nitrogen and oxygen atoms in total. The zero-order valence-electron chi connectivity index (χ0n) is 10.8. The first-order chi connectivity index (χ1) is 8.81. The lowest BCUT2D eigenvalue weighted by atomic mass is 9.88. The molecule has 2 heterocycles. The Balaban J connectivity index is 1.92. The molecule has 0 radical (unpaired) electrons. The lowest BCUT2D eigenvalue weighted by molar-refractivity contribution is -0.140. The third kappa shape index (κ3) is 1.78. The van der Waals surface area contributed by atoms with E-state index in [0.29, 0.717) is 18.6 Å².